The number of anilines is 1. The number of nitro benzene ring substituents is 1. The molecule has 0 bridgehead atoms. The minimum absolute atomic E-state index is 0.0739. The summed E-state index contributed by atoms with van der Waals surface area (Å²) in [6.07, 6.45) is -0.859. The van der Waals surface area contributed by atoms with Crippen molar-refractivity contribution in [3.05, 3.63) is 69.2 Å². The number of nitro groups is 1. The van der Waals surface area contributed by atoms with Crippen molar-refractivity contribution in [3.8, 4) is 0 Å². The zero-order chi connectivity index (χ0) is 23.2. The average Bonchev–Trinajstić information content (AvgIpc) is 3.37. The van der Waals surface area contributed by atoms with E-state index in [1.54, 1.807) is 6.26 Å². The quantitative estimate of drug-likeness (QED) is 0.264. The molecule has 0 aliphatic carbocycles. The molecule has 0 spiro atoms. The molecule has 1 aliphatic heterocycles. The molecule has 166 valence electrons. The number of allylic oxidation sites excluding steroid dienone is 2. The minimum atomic E-state index is -4.94. The monoisotopic (exact) mass is 465 g/mol. The lowest BCUT2D eigenvalue weighted by Gasteiger charge is -2.30. The van der Waals surface area contributed by atoms with Crippen LogP contribution in [0.2, 0.25) is 0 Å². The average molecular weight is 465 g/mol. The van der Waals surface area contributed by atoms with Crippen molar-refractivity contribution in [1.82, 2.24) is 24.5 Å². The lowest BCUT2D eigenvalue weighted by molar-refractivity contribution is -0.384. The maximum absolute atomic E-state index is 14.1. The van der Waals surface area contributed by atoms with Gasteiger partial charge in [-0.3, -0.25) is 19.6 Å². The van der Waals surface area contributed by atoms with Gasteiger partial charge in [0, 0.05) is 25.4 Å². The van der Waals surface area contributed by atoms with E-state index in [1.807, 2.05) is 0 Å². The summed E-state index contributed by atoms with van der Waals surface area (Å²) in [5, 5.41) is 21.7. The summed E-state index contributed by atoms with van der Waals surface area (Å²) in [6, 6.07) is 3.64. The van der Waals surface area contributed by atoms with Gasteiger partial charge in [-0.1, -0.05) is 23.9 Å². The van der Waals surface area contributed by atoms with Crippen LogP contribution < -0.4 is 5.32 Å². The highest BCUT2D eigenvalue weighted by atomic mass is 32.2. The van der Waals surface area contributed by atoms with Crippen molar-refractivity contribution < 1.29 is 22.9 Å². The smallest absolute Gasteiger partial charge is 0.320 e. The molecule has 0 amide bonds. The van der Waals surface area contributed by atoms with Gasteiger partial charge < -0.3 is 5.32 Å². The van der Waals surface area contributed by atoms with Crippen LogP contribution in [0.4, 0.5) is 24.8 Å². The first kappa shape index (κ1) is 21.5. The van der Waals surface area contributed by atoms with Crippen molar-refractivity contribution in [2.45, 2.75) is 17.4 Å². The van der Waals surface area contributed by atoms with E-state index in [1.165, 1.54) is 36.1 Å². The topological polar surface area (TPSA) is 121 Å². The molecule has 3 heterocycles. The second kappa shape index (κ2) is 7.78. The second-order valence-electron chi connectivity index (χ2n) is 6.76. The standard InChI is InChI=1S/C18H14F3N7O3S/c1-26-8-10(7-22-26)14(29)12-13(9-4-3-5-11(6-9)28(30)31)27-16(24-17(25-27)32-2)23-15(12)18(19,20)21/h3-8,13H,1-2H3,(H,23,24,25)/t13-/m1/s1. The number of aryl methyl sites for hydroxylation is 1. The van der Waals surface area contributed by atoms with E-state index in [-0.39, 0.29) is 27.9 Å². The Balaban J connectivity index is 2.01. The lowest BCUT2D eigenvalue weighted by Crippen LogP contribution is -2.35. The number of aromatic nitrogens is 5. The Morgan fingerprint density at radius 3 is 2.69 bits per heavy atom. The zero-order valence-corrected chi connectivity index (χ0v) is 17.3. The lowest BCUT2D eigenvalue weighted by atomic mass is 9.90. The number of nitrogens with one attached hydrogen (secondary N) is 1. The van der Waals surface area contributed by atoms with Crippen LogP contribution in [0.5, 0.6) is 0 Å². The number of benzene rings is 1. The minimum Gasteiger partial charge on any atom is -0.320 e. The Morgan fingerprint density at radius 2 is 2.09 bits per heavy atom. The van der Waals surface area contributed by atoms with Crippen LogP contribution in [0.3, 0.4) is 0 Å². The number of rotatable bonds is 5. The second-order valence-corrected chi connectivity index (χ2v) is 7.54. The van der Waals surface area contributed by atoms with E-state index in [0.29, 0.717) is 0 Å². The number of hydrogen-bond acceptors (Lipinski definition) is 8. The number of halogens is 3. The van der Waals surface area contributed by atoms with Crippen molar-refractivity contribution in [1.29, 1.82) is 0 Å². The Kier molecular flexibility index (Phi) is 5.24. The normalized spacial score (nSPS) is 16.0. The van der Waals surface area contributed by atoms with Crippen molar-refractivity contribution in [2.75, 3.05) is 11.6 Å². The SMILES string of the molecule is CSc1nc2n(n1)[C@H](c1cccc([N+](=O)[O-])c1)C(C(=O)c1cnn(C)c1)=C(C(F)(F)F)N2. The van der Waals surface area contributed by atoms with Gasteiger partial charge in [-0.15, -0.1) is 5.10 Å². The number of Topliss-reactive ketones (excluding diaryl/α,β-unsaturated/α-hetero) is 1. The number of ketones is 1. The van der Waals surface area contributed by atoms with Crippen LogP contribution in [0.1, 0.15) is 22.0 Å². The van der Waals surface area contributed by atoms with E-state index < -0.39 is 34.2 Å². The maximum atomic E-state index is 14.1. The molecule has 1 atom stereocenters. The number of hydrogen-bond donors (Lipinski definition) is 1. The van der Waals surface area contributed by atoms with E-state index in [9.17, 15) is 28.1 Å². The number of nitrogens with zero attached hydrogens (tertiary/aromatic N) is 6. The molecular formula is C18H14F3N7O3S. The van der Waals surface area contributed by atoms with E-state index in [2.05, 4.69) is 20.5 Å². The highest BCUT2D eigenvalue weighted by Gasteiger charge is 2.46. The summed E-state index contributed by atoms with van der Waals surface area (Å²) in [4.78, 5) is 28.0. The van der Waals surface area contributed by atoms with Crippen LogP contribution in [0, 0.1) is 10.1 Å². The van der Waals surface area contributed by atoms with E-state index in [0.717, 1.165) is 28.7 Å². The van der Waals surface area contributed by atoms with Gasteiger partial charge in [0.05, 0.1) is 22.3 Å². The van der Waals surface area contributed by atoms with Crippen LogP contribution in [0.25, 0.3) is 0 Å². The molecule has 1 aromatic carbocycles. The first-order valence-corrected chi connectivity index (χ1v) is 10.2. The van der Waals surface area contributed by atoms with Crippen LogP contribution in [-0.4, -0.2) is 47.7 Å². The number of carbonyl (C=O) groups is 1. The summed E-state index contributed by atoms with van der Waals surface area (Å²) in [6.45, 7) is 0. The molecule has 14 heteroatoms. The van der Waals surface area contributed by atoms with Crippen LogP contribution in [0.15, 0.2) is 53.1 Å². The molecule has 1 N–H and O–H groups in total. The third-order valence-electron chi connectivity index (χ3n) is 4.71. The van der Waals surface area contributed by atoms with Gasteiger partial charge >= 0.3 is 6.18 Å². The Morgan fingerprint density at radius 1 is 1.34 bits per heavy atom. The fourth-order valence-electron chi connectivity index (χ4n) is 3.37. The van der Waals surface area contributed by atoms with Gasteiger partial charge in [0.15, 0.2) is 5.78 Å². The molecule has 0 radical (unpaired) electrons. The summed E-state index contributed by atoms with van der Waals surface area (Å²) < 4.78 is 44.7. The molecule has 2 aromatic heterocycles. The highest BCUT2D eigenvalue weighted by molar-refractivity contribution is 7.98. The van der Waals surface area contributed by atoms with E-state index >= 15 is 0 Å². The van der Waals surface area contributed by atoms with Crippen molar-refractivity contribution in [2.24, 2.45) is 7.05 Å². The molecule has 3 aromatic rings. The van der Waals surface area contributed by atoms with Gasteiger partial charge in [-0.2, -0.15) is 23.3 Å². The summed E-state index contributed by atoms with van der Waals surface area (Å²) in [7, 11) is 1.52. The molecule has 0 saturated heterocycles. The van der Waals surface area contributed by atoms with Crippen molar-refractivity contribution >= 4 is 29.2 Å². The Hall–Kier alpha value is -3.68. The number of alkyl halides is 3. The van der Waals surface area contributed by atoms with Gasteiger partial charge in [-0.05, 0) is 11.8 Å². The third-order valence-corrected chi connectivity index (χ3v) is 5.25. The molecule has 1 aliphatic rings. The first-order valence-electron chi connectivity index (χ1n) is 8.96. The fraction of sp³-hybridized carbons (Fsp3) is 0.222. The van der Waals surface area contributed by atoms with Gasteiger partial charge in [0.2, 0.25) is 11.1 Å². The number of non-ortho nitro benzene ring substituents is 1. The predicted octanol–water partition coefficient (Wildman–Crippen LogP) is 3.36. The molecular weight excluding hydrogens is 451 g/mol. The number of fused-ring (bicyclic) bond motifs is 1. The Bertz CT molecular complexity index is 1260. The van der Waals surface area contributed by atoms with Gasteiger partial charge in [0.1, 0.15) is 11.7 Å². The third kappa shape index (κ3) is 3.72. The largest absolute Gasteiger partial charge is 0.431 e. The molecule has 32 heavy (non-hydrogen) atoms. The fourth-order valence-corrected chi connectivity index (χ4v) is 3.71. The molecule has 0 fully saturated rings. The molecule has 10 nitrogen and oxygen atoms in total. The van der Waals surface area contributed by atoms with E-state index in [4.69, 9.17) is 0 Å². The number of carbonyl (C=O) groups excluding carboxylic acids is 1. The Labute approximate surface area is 182 Å². The predicted molar refractivity (Wildman–Crippen MR) is 107 cm³/mol. The molecule has 4 rings (SSSR count). The summed E-state index contributed by atoms with van der Waals surface area (Å²) in [5.74, 6) is -1.18. The van der Waals surface area contributed by atoms with Crippen molar-refractivity contribution in [3.63, 3.8) is 0 Å². The molecule has 0 saturated carbocycles. The molecule has 0 unspecified atom stereocenters. The number of thioether (sulfide) groups is 1. The first-order chi connectivity index (χ1) is 15.1. The zero-order valence-electron chi connectivity index (χ0n) is 16.5. The van der Waals surface area contributed by atoms with Crippen LogP contribution >= 0.6 is 11.8 Å². The maximum Gasteiger partial charge on any atom is 0.431 e. The highest BCUT2D eigenvalue weighted by Crippen LogP contribution is 2.43. The van der Waals surface area contributed by atoms with Gasteiger partial charge in [0.25, 0.3) is 5.69 Å². The van der Waals surface area contributed by atoms with Crippen LogP contribution in [-0.2, 0) is 7.05 Å². The summed E-state index contributed by atoms with van der Waals surface area (Å²) in [5.41, 5.74) is -2.32. The van der Waals surface area contributed by atoms with Gasteiger partial charge in [-0.25, -0.2) is 4.68 Å². The summed E-state index contributed by atoms with van der Waals surface area (Å²) >= 11 is 1.10.